The summed E-state index contributed by atoms with van der Waals surface area (Å²) >= 11 is 0. The van der Waals surface area contributed by atoms with Gasteiger partial charge in [0.05, 0.1) is 11.6 Å². The van der Waals surface area contributed by atoms with E-state index in [0.29, 0.717) is 0 Å². The van der Waals surface area contributed by atoms with E-state index in [1.807, 2.05) is 30.5 Å². The van der Waals surface area contributed by atoms with Crippen molar-refractivity contribution in [1.82, 2.24) is 10.3 Å². The lowest BCUT2D eigenvalue weighted by Gasteiger charge is -2.51. The Labute approximate surface area is 148 Å². The molecular weight excluding hydrogens is 311 g/mol. The van der Waals surface area contributed by atoms with Gasteiger partial charge in [-0.3, -0.25) is 4.98 Å². The Morgan fingerprint density at radius 1 is 1.00 bits per heavy atom. The van der Waals surface area contributed by atoms with Crippen LogP contribution in [0.1, 0.15) is 50.4 Å². The van der Waals surface area contributed by atoms with Gasteiger partial charge in [0, 0.05) is 28.1 Å². The van der Waals surface area contributed by atoms with Crippen LogP contribution in [0.5, 0.6) is 0 Å². The summed E-state index contributed by atoms with van der Waals surface area (Å²) in [5, 5.41) is 4.84. The summed E-state index contributed by atoms with van der Waals surface area (Å²) in [6.07, 6.45) is 1.91. The van der Waals surface area contributed by atoms with Crippen LogP contribution in [0.2, 0.25) is 0 Å². The number of rotatable bonds is 1. The fourth-order valence-corrected chi connectivity index (χ4v) is 3.88. The number of pyridine rings is 1. The van der Waals surface area contributed by atoms with Gasteiger partial charge in [0.2, 0.25) is 0 Å². The van der Waals surface area contributed by atoms with Gasteiger partial charge in [-0.1, -0.05) is 44.2 Å². The first kappa shape index (κ1) is 16.2. The van der Waals surface area contributed by atoms with E-state index >= 15 is 0 Å². The fourth-order valence-electron chi connectivity index (χ4n) is 3.88. The molecular formula is C22H23FN2. The van der Waals surface area contributed by atoms with Gasteiger partial charge in [0.1, 0.15) is 5.82 Å². The van der Waals surface area contributed by atoms with Crippen molar-refractivity contribution < 1.29 is 4.39 Å². The Morgan fingerprint density at radius 3 is 2.56 bits per heavy atom. The van der Waals surface area contributed by atoms with Gasteiger partial charge in [-0.2, -0.15) is 0 Å². The maximum atomic E-state index is 14.8. The summed E-state index contributed by atoms with van der Waals surface area (Å²) in [4.78, 5) is 4.60. The van der Waals surface area contributed by atoms with Crippen molar-refractivity contribution in [3.8, 4) is 0 Å². The van der Waals surface area contributed by atoms with Crippen LogP contribution in [0, 0.1) is 5.82 Å². The SMILES string of the molecule is CC1(C)NC(c2cnc3ccccc3c2)c2cccc(F)c2C1(C)C. The van der Waals surface area contributed by atoms with Crippen LogP contribution in [0.3, 0.4) is 0 Å². The number of halogens is 1. The largest absolute Gasteiger partial charge is 0.300 e. The molecule has 0 radical (unpaired) electrons. The molecule has 1 atom stereocenters. The maximum Gasteiger partial charge on any atom is 0.127 e. The second-order valence-electron chi connectivity index (χ2n) is 7.99. The van der Waals surface area contributed by atoms with Gasteiger partial charge in [-0.25, -0.2) is 4.39 Å². The first-order valence-electron chi connectivity index (χ1n) is 8.72. The summed E-state index contributed by atoms with van der Waals surface area (Å²) in [5.74, 6) is -0.129. The Morgan fingerprint density at radius 2 is 1.76 bits per heavy atom. The summed E-state index contributed by atoms with van der Waals surface area (Å²) in [7, 11) is 0. The molecule has 2 heterocycles. The van der Waals surface area contributed by atoms with E-state index in [4.69, 9.17) is 0 Å². The van der Waals surface area contributed by atoms with Crippen LogP contribution in [-0.2, 0) is 5.41 Å². The van der Waals surface area contributed by atoms with Gasteiger partial charge >= 0.3 is 0 Å². The van der Waals surface area contributed by atoms with E-state index in [1.165, 1.54) is 0 Å². The molecule has 0 saturated carbocycles. The topological polar surface area (TPSA) is 24.9 Å². The minimum absolute atomic E-state index is 0.0779. The first-order chi connectivity index (χ1) is 11.8. The summed E-state index contributed by atoms with van der Waals surface area (Å²) < 4.78 is 14.8. The lowest BCUT2D eigenvalue weighted by Crippen LogP contribution is -2.59. The van der Waals surface area contributed by atoms with Crippen molar-refractivity contribution >= 4 is 10.9 Å². The average molecular weight is 334 g/mol. The second-order valence-corrected chi connectivity index (χ2v) is 7.99. The molecule has 4 rings (SSSR count). The monoisotopic (exact) mass is 334 g/mol. The molecule has 25 heavy (non-hydrogen) atoms. The van der Waals surface area contributed by atoms with E-state index in [1.54, 1.807) is 12.1 Å². The third-order valence-electron chi connectivity index (χ3n) is 5.99. The van der Waals surface area contributed by atoms with Crippen molar-refractivity contribution in [3.63, 3.8) is 0 Å². The van der Waals surface area contributed by atoms with Crippen molar-refractivity contribution in [2.24, 2.45) is 0 Å². The second kappa shape index (κ2) is 5.37. The lowest BCUT2D eigenvalue weighted by molar-refractivity contribution is 0.194. The smallest absolute Gasteiger partial charge is 0.127 e. The summed E-state index contributed by atoms with van der Waals surface area (Å²) in [5.41, 5.74) is 3.25. The van der Waals surface area contributed by atoms with Gasteiger partial charge in [-0.15, -0.1) is 0 Å². The van der Waals surface area contributed by atoms with E-state index < -0.39 is 0 Å². The van der Waals surface area contributed by atoms with E-state index in [0.717, 1.165) is 27.6 Å². The van der Waals surface area contributed by atoms with Crippen LogP contribution in [0.15, 0.2) is 54.7 Å². The third kappa shape index (κ3) is 2.37. The summed E-state index contributed by atoms with van der Waals surface area (Å²) in [6.45, 7) is 8.50. The van der Waals surface area contributed by atoms with Gasteiger partial charge < -0.3 is 5.32 Å². The number of benzene rings is 2. The Kier molecular flexibility index (Phi) is 3.48. The standard InChI is InChI=1S/C22H23FN2/c1-21(2)19-16(9-7-10-17(19)23)20(25-22(21,3)4)15-12-14-8-5-6-11-18(14)24-13-15/h5-13,20,25H,1-4H3. The predicted octanol–water partition coefficient (Wildman–Crippen LogP) is 5.12. The number of fused-ring (bicyclic) bond motifs is 2. The molecule has 0 fully saturated rings. The highest BCUT2D eigenvalue weighted by atomic mass is 19.1. The minimum Gasteiger partial charge on any atom is -0.300 e. The Bertz CT molecular complexity index is 959. The van der Waals surface area contributed by atoms with Crippen LogP contribution < -0.4 is 5.32 Å². The highest BCUT2D eigenvalue weighted by Crippen LogP contribution is 2.46. The number of aromatic nitrogens is 1. The number of nitrogens with zero attached hydrogens (tertiary/aromatic N) is 1. The molecule has 2 aromatic carbocycles. The number of hydrogen-bond donors (Lipinski definition) is 1. The Hall–Kier alpha value is -2.26. The summed E-state index contributed by atoms with van der Waals surface area (Å²) in [6, 6.07) is 15.6. The molecule has 3 aromatic rings. The molecule has 1 aliphatic heterocycles. The van der Waals surface area contributed by atoms with Crippen molar-refractivity contribution in [2.75, 3.05) is 0 Å². The number of hydrogen-bond acceptors (Lipinski definition) is 2. The molecule has 1 N–H and O–H groups in total. The van der Waals surface area contributed by atoms with Crippen LogP contribution in [0.25, 0.3) is 10.9 Å². The maximum absolute atomic E-state index is 14.8. The third-order valence-corrected chi connectivity index (χ3v) is 5.99. The van der Waals surface area contributed by atoms with Crippen molar-refractivity contribution in [1.29, 1.82) is 0 Å². The van der Waals surface area contributed by atoms with E-state index in [-0.39, 0.29) is 22.8 Å². The lowest BCUT2D eigenvalue weighted by atomic mass is 9.64. The molecule has 0 aliphatic carbocycles. The molecule has 128 valence electrons. The Balaban J connectivity index is 1.94. The molecule has 0 spiro atoms. The zero-order valence-corrected chi connectivity index (χ0v) is 15.1. The molecule has 3 heteroatoms. The molecule has 1 aliphatic rings. The molecule has 1 unspecified atom stereocenters. The molecule has 0 bridgehead atoms. The highest BCUT2D eigenvalue weighted by molar-refractivity contribution is 5.79. The van der Waals surface area contributed by atoms with Gasteiger partial charge in [-0.05, 0) is 43.2 Å². The number of para-hydroxylation sites is 1. The first-order valence-corrected chi connectivity index (χ1v) is 8.72. The van der Waals surface area contributed by atoms with Gasteiger partial charge in [0.25, 0.3) is 0 Å². The van der Waals surface area contributed by atoms with E-state index in [2.05, 4.69) is 50.1 Å². The number of nitrogens with one attached hydrogen (secondary N) is 1. The fraction of sp³-hybridized carbons (Fsp3) is 0.318. The van der Waals surface area contributed by atoms with Gasteiger partial charge in [0.15, 0.2) is 0 Å². The molecule has 0 amide bonds. The molecule has 2 nitrogen and oxygen atoms in total. The van der Waals surface area contributed by atoms with Crippen molar-refractivity contribution in [3.05, 3.63) is 77.2 Å². The zero-order chi connectivity index (χ0) is 17.8. The van der Waals surface area contributed by atoms with Crippen LogP contribution in [-0.4, -0.2) is 10.5 Å². The highest BCUT2D eigenvalue weighted by Gasteiger charge is 2.47. The predicted molar refractivity (Wildman–Crippen MR) is 100 cm³/mol. The van der Waals surface area contributed by atoms with Crippen molar-refractivity contribution in [2.45, 2.75) is 44.7 Å². The van der Waals surface area contributed by atoms with Crippen LogP contribution >= 0.6 is 0 Å². The normalized spacial score (nSPS) is 21.1. The quantitative estimate of drug-likeness (QED) is 0.668. The molecule has 1 aromatic heterocycles. The zero-order valence-electron chi connectivity index (χ0n) is 15.1. The van der Waals surface area contributed by atoms with E-state index in [9.17, 15) is 4.39 Å². The van der Waals surface area contributed by atoms with Crippen LogP contribution in [0.4, 0.5) is 4.39 Å². The minimum atomic E-state index is -0.325. The molecule has 0 saturated heterocycles. The average Bonchev–Trinajstić information content (AvgIpc) is 2.58.